The van der Waals surface area contributed by atoms with Crippen LogP contribution in [0.2, 0.25) is 5.02 Å². The van der Waals surface area contributed by atoms with Crippen LogP contribution in [-0.2, 0) is 6.42 Å². The van der Waals surface area contributed by atoms with E-state index in [9.17, 15) is 5.11 Å². The highest BCUT2D eigenvalue weighted by Gasteiger charge is 2.06. The number of pyridine rings is 1. The lowest BCUT2D eigenvalue weighted by Crippen LogP contribution is -2.23. The first-order valence-electron chi connectivity index (χ1n) is 6.30. The Morgan fingerprint density at radius 1 is 1.16 bits per heavy atom. The van der Waals surface area contributed by atoms with E-state index in [0.717, 1.165) is 24.2 Å². The zero-order valence-electron chi connectivity index (χ0n) is 10.6. The van der Waals surface area contributed by atoms with Gasteiger partial charge >= 0.3 is 0 Å². The molecule has 1 unspecified atom stereocenters. The maximum Gasteiger partial charge on any atom is 0.0914 e. The zero-order chi connectivity index (χ0) is 13.5. The van der Waals surface area contributed by atoms with Crippen LogP contribution in [0.5, 0.6) is 0 Å². The molecule has 0 bridgehead atoms. The predicted molar refractivity (Wildman–Crippen MR) is 77.2 cm³/mol. The van der Waals surface area contributed by atoms with E-state index in [-0.39, 0.29) is 0 Å². The van der Waals surface area contributed by atoms with Crippen molar-refractivity contribution in [2.45, 2.75) is 12.5 Å². The molecule has 0 aliphatic carbocycles. The lowest BCUT2D eigenvalue weighted by Gasteiger charge is -2.12. The molecule has 19 heavy (non-hydrogen) atoms. The Morgan fingerprint density at radius 3 is 2.63 bits per heavy atom. The fraction of sp³-hybridized carbons (Fsp3) is 0.267. The van der Waals surface area contributed by atoms with Crippen molar-refractivity contribution < 1.29 is 5.11 Å². The van der Waals surface area contributed by atoms with Gasteiger partial charge in [-0.3, -0.25) is 4.98 Å². The van der Waals surface area contributed by atoms with Gasteiger partial charge in [0, 0.05) is 36.4 Å². The van der Waals surface area contributed by atoms with Gasteiger partial charge in [-0.1, -0.05) is 29.8 Å². The van der Waals surface area contributed by atoms with E-state index in [2.05, 4.69) is 10.3 Å². The molecular weight excluding hydrogens is 260 g/mol. The van der Waals surface area contributed by atoms with Crippen LogP contribution in [0.1, 0.15) is 17.4 Å². The minimum atomic E-state index is -0.513. The molecule has 0 fully saturated rings. The van der Waals surface area contributed by atoms with Crippen molar-refractivity contribution in [2.24, 2.45) is 0 Å². The summed E-state index contributed by atoms with van der Waals surface area (Å²) in [6.07, 6.45) is 2.13. The summed E-state index contributed by atoms with van der Waals surface area (Å²) >= 11 is 5.81. The quantitative estimate of drug-likeness (QED) is 0.797. The average Bonchev–Trinajstić information content (AvgIpc) is 2.45. The number of hydrogen-bond acceptors (Lipinski definition) is 3. The summed E-state index contributed by atoms with van der Waals surface area (Å²) < 4.78 is 0. The topological polar surface area (TPSA) is 45.1 Å². The van der Waals surface area contributed by atoms with E-state index in [1.165, 1.54) is 0 Å². The van der Waals surface area contributed by atoms with Crippen molar-refractivity contribution in [1.82, 2.24) is 10.3 Å². The first kappa shape index (κ1) is 14.0. The maximum absolute atomic E-state index is 9.99. The number of benzene rings is 1. The third-order valence-corrected chi connectivity index (χ3v) is 3.13. The second-order valence-electron chi connectivity index (χ2n) is 4.34. The van der Waals surface area contributed by atoms with E-state index >= 15 is 0 Å². The standard InChI is InChI=1S/C15H17ClN2O/c16-13-6-4-12(5-7-13)15(19)11-17-10-8-14-3-1-2-9-18-14/h1-7,9,15,17,19H,8,10-11H2. The molecule has 0 saturated carbocycles. The Labute approximate surface area is 118 Å². The monoisotopic (exact) mass is 276 g/mol. The Bertz CT molecular complexity index is 487. The molecule has 3 nitrogen and oxygen atoms in total. The molecule has 4 heteroatoms. The molecule has 1 heterocycles. The van der Waals surface area contributed by atoms with Crippen molar-refractivity contribution in [3.05, 3.63) is 64.9 Å². The van der Waals surface area contributed by atoms with Crippen molar-refractivity contribution in [2.75, 3.05) is 13.1 Å². The average molecular weight is 277 g/mol. The third kappa shape index (κ3) is 4.63. The lowest BCUT2D eigenvalue weighted by molar-refractivity contribution is 0.175. The summed E-state index contributed by atoms with van der Waals surface area (Å²) in [5, 5.41) is 13.9. The van der Waals surface area contributed by atoms with E-state index in [1.807, 2.05) is 30.3 Å². The van der Waals surface area contributed by atoms with E-state index in [4.69, 9.17) is 11.6 Å². The van der Waals surface area contributed by atoms with Gasteiger partial charge in [-0.15, -0.1) is 0 Å². The highest BCUT2D eigenvalue weighted by atomic mass is 35.5. The molecule has 0 spiro atoms. The van der Waals surface area contributed by atoms with Gasteiger partial charge in [0.25, 0.3) is 0 Å². The maximum atomic E-state index is 9.99. The summed E-state index contributed by atoms with van der Waals surface area (Å²) in [7, 11) is 0. The molecule has 0 aliphatic heterocycles. The van der Waals surface area contributed by atoms with Crippen LogP contribution in [0.4, 0.5) is 0 Å². The van der Waals surface area contributed by atoms with Crippen LogP contribution < -0.4 is 5.32 Å². The molecule has 2 N–H and O–H groups in total. The number of hydrogen-bond donors (Lipinski definition) is 2. The molecule has 0 radical (unpaired) electrons. The summed E-state index contributed by atoms with van der Waals surface area (Å²) in [5.74, 6) is 0. The van der Waals surface area contributed by atoms with Crippen molar-refractivity contribution in [1.29, 1.82) is 0 Å². The van der Waals surface area contributed by atoms with Crippen molar-refractivity contribution in [3.8, 4) is 0 Å². The Balaban J connectivity index is 1.72. The van der Waals surface area contributed by atoms with E-state index in [0.29, 0.717) is 11.6 Å². The molecule has 2 aromatic rings. The zero-order valence-corrected chi connectivity index (χ0v) is 11.3. The fourth-order valence-corrected chi connectivity index (χ4v) is 1.93. The van der Waals surface area contributed by atoms with Crippen LogP contribution in [0.25, 0.3) is 0 Å². The minimum Gasteiger partial charge on any atom is -0.387 e. The van der Waals surface area contributed by atoms with Crippen LogP contribution in [0.3, 0.4) is 0 Å². The number of nitrogens with zero attached hydrogens (tertiary/aromatic N) is 1. The van der Waals surface area contributed by atoms with Gasteiger partial charge in [-0.05, 0) is 29.8 Å². The number of aliphatic hydroxyl groups excluding tert-OH is 1. The molecular formula is C15H17ClN2O. The van der Waals surface area contributed by atoms with Gasteiger partial charge in [-0.2, -0.15) is 0 Å². The van der Waals surface area contributed by atoms with Crippen LogP contribution in [0.15, 0.2) is 48.7 Å². The van der Waals surface area contributed by atoms with Crippen LogP contribution in [0, 0.1) is 0 Å². The Morgan fingerprint density at radius 2 is 1.95 bits per heavy atom. The van der Waals surface area contributed by atoms with Gasteiger partial charge in [-0.25, -0.2) is 0 Å². The molecule has 0 amide bonds. The SMILES string of the molecule is OC(CNCCc1ccccn1)c1ccc(Cl)cc1. The summed E-state index contributed by atoms with van der Waals surface area (Å²) in [4.78, 5) is 4.25. The summed E-state index contributed by atoms with van der Waals surface area (Å²) in [6.45, 7) is 1.32. The number of aliphatic hydroxyl groups is 1. The molecule has 1 atom stereocenters. The molecule has 0 saturated heterocycles. The highest BCUT2D eigenvalue weighted by Crippen LogP contribution is 2.15. The number of rotatable bonds is 6. The van der Waals surface area contributed by atoms with Gasteiger partial charge in [0.05, 0.1) is 6.10 Å². The third-order valence-electron chi connectivity index (χ3n) is 2.88. The smallest absolute Gasteiger partial charge is 0.0914 e. The normalized spacial score (nSPS) is 12.3. The Kier molecular flexibility index (Phi) is 5.33. The van der Waals surface area contributed by atoms with Gasteiger partial charge in [0.15, 0.2) is 0 Å². The van der Waals surface area contributed by atoms with Crippen LogP contribution in [-0.4, -0.2) is 23.2 Å². The molecule has 0 aliphatic rings. The van der Waals surface area contributed by atoms with E-state index < -0.39 is 6.10 Å². The fourth-order valence-electron chi connectivity index (χ4n) is 1.80. The second-order valence-corrected chi connectivity index (χ2v) is 4.78. The van der Waals surface area contributed by atoms with Gasteiger partial charge < -0.3 is 10.4 Å². The molecule has 1 aromatic carbocycles. The second kappa shape index (κ2) is 7.24. The lowest BCUT2D eigenvalue weighted by atomic mass is 10.1. The van der Waals surface area contributed by atoms with Crippen molar-refractivity contribution in [3.63, 3.8) is 0 Å². The Hall–Kier alpha value is -1.42. The predicted octanol–water partition coefficient (Wildman–Crippen LogP) is 2.60. The number of halogens is 1. The number of aromatic nitrogens is 1. The van der Waals surface area contributed by atoms with Crippen molar-refractivity contribution >= 4 is 11.6 Å². The van der Waals surface area contributed by atoms with E-state index in [1.54, 1.807) is 18.3 Å². The minimum absolute atomic E-state index is 0.513. The summed E-state index contributed by atoms with van der Waals surface area (Å²) in [5.41, 5.74) is 1.92. The molecule has 1 aromatic heterocycles. The van der Waals surface area contributed by atoms with Crippen LogP contribution >= 0.6 is 11.6 Å². The molecule has 100 valence electrons. The van der Waals surface area contributed by atoms with Gasteiger partial charge in [0.1, 0.15) is 0 Å². The highest BCUT2D eigenvalue weighted by molar-refractivity contribution is 6.30. The number of nitrogens with one attached hydrogen (secondary N) is 1. The largest absolute Gasteiger partial charge is 0.387 e. The molecule has 2 rings (SSSR count). The summed E-state index contributed by atoms with van der Waals surface area (Å²) in [6, 6.07) is 13.1. The first-order valence-corrected chi connectivity index (χ1v) is 6.67. The first-order chi connectivity index (χ1) is 9.25. The van der Waals surface area contributed by atoms with Gasteiger partial charge in [0.2, 0.25) is 0 Å².